The number of nitrogen functional groups attached to an aromatic ring is 1. The van der Waals surface area contributed by atoms with Crippen LogP contribution in [0.15, 0.2) is 11.7 Å². The van der Waals surface area contributed by atoms with Crippen LogP contribution in [0, 0.1) is 25.2 Å². The molecule has 0 amide bonds. The summed E-state index contributed by atoms with van der Waals surface area (Å²) in [5.41, 5.74) is 10.0. The van der Waals surface area contributed by atoms with Crippen molar-refractivity contribution in [2.24, 2.45) is 11.3 Å². The summed E-state index contributed by atoms with van der Waals surface area (Å²) in [5, 5.41) is 0. The van der Waals surface area contributed by atoms with Gasteiger partial charge in [-0.3, -0.25) is 4.79 Å². The number of hydrogen-bond donors (Lipinski definition) is 1. The Bertz CT molecular complexity index is 856. The van der Waals surface area contributed by atoms with Gasteiger partial charge in [0.15, 0.2) is 12.2 Å². The Morgan fingerprint density at radius 1 is 1.41 bits per heavy atom. The van der Waals surface area contributed by atoms with Crippen LogP contribution in [0.5, 0.6) is 0 Å². The first-order valence-electron chi connectivity index (χ1n) is 9.68. The van der Waals surface area contributed by atoms with Crippen molar-refractivity contribution >= 4 is 23.1 Å². The van der Waals surface area contributed by atoms with Gasteiger partial charge in [0.2, 0.25) is 5.51 Å². The zero-order valence-electron chi connectivity index (χ0n) is 16.0. The molecular weight excluding hydrogens is 360 g/mol. The number of hydrogen-bond acceptors (Lipinski definition) is 6. The van der Waals surface area contributed by atoms with E-state index in [1.54, 1.807) is 17.5 Å². The average molecular weight is 388 g/mol. The third-order valence-electron chi connectivity index (χ3n) is 6.25. The van der Waals surface area contributed by atoms with Crippen LogP contribution < -0.4 is 10.3 Å². The van der Waals surface area contributed by atoms with Crippen LogP contribution in [-0.2, 0) is 22.5 Å². The predicted octanol–water partition coefficient (Wildman–Crippen LogP) is 2.74. The fraction of sp³-hybridized carbons (Fsp3) is 0.600. The van der Waals surface area contributed by atoms with E-state index in [-0.39, 0.29) is 11.4 Å². The van der Waals surface area contributed by atoms with E-state index in [4.69, 9.17) is 10.5 Å². The summed E-state index contributed by atoms with van der Waals surface area (Å²) in [6.45, 7) is 5.04. The highest BCUT2D eigenvalue weighted by Gasteiger charge is 2.51. The molecule has 2 heterocycles. The third-order valence-corrected chi connectivity index (χ3v) is 7.40. The van der Waals surface area contributed by atoms with Crippen molar-refractivity contribution in [2.75, 3.05) is 12.3 Å². The number of carbonyl (C=O) groups is 1. The van der Waals surface area contributed by atoms with E-state index in [1.165, 1.54) is 23.4 Å². The van der Waals surface area contributed by atoms with Crippen molar-refractivity contribution in [2.45, 2.75) is 58.9 Å². The number of esters is 1. The van der Waals surface area contributed by atoms with Crippen LogP contribution >= 0.6 is 11.3 Å². The SMILES string of the molecule is Cc1ncc(C[n+]2csc(CCOC(=O)C34CCC(CC3)C4)c2C)c(N)n1. The maximum Gasteiger partial charge on any atom is 0.312 e. The summed E-state index contributed by atoms with van der Waals surface area (Å²) in [7, 11) is 0. The summed E-state index contributed by atoms with van der Waals surface area (Å²) in [4.78, 5) is 22.3. The smallest absolute Gasteiger partial charge is 0.312 e. The molecule has 0 atom stereocenters. The maximum absolute atomic E-state index is 12.6. The van der Waals surface area contributed by atoms with E-state index in [1.807, 2.05) is 6.92 Å². The first-order valence-corrected chi connectivity index (χ1v) is 10.6. The Morgan fingerprint density at radius 2 is 2.19 bits per heavy atom. The first kappa shape index (κ1) is 18.3. The monoisotopic (exact) mass is 387 g/mol. The lowest BCUT2D eigenvalue weighted by Gasteiger charge is -2.23. The number of nitrogens with zero attached hydrogens (tertiary/aromatic N) is 3. The molecule has 0 aliphatic heterocycles. The minimum absolute atomic E-state index is 0.0363. The van der Waals surface area contributed by atoms with E-state index in [9.17, 15) is 4.79 Å². The van der Waals surface area contributed by atoms with Gasteiger partial charge in [0.25, 0.3) is 0 Å². The molecule has 0 radical (unpaired) electrons. The van der Waals surface area contributed by atoms with Gasteiger partial charge in [-0.05, 0) is 44.9 Å². The standard InChI is InChI=1S/C20H27N4O2S/c1-13-17(5-8-26-19(25)20-6-3-15(9-20)4-7-20)27-12-24(13)11-16-10-22-14(2)23-18(16)21/h10,12,15H,3-9,11H2,1-2H3,(H2,21,22,23)/q+1. The summed E-state index contributed by atoms with van der Waals surface area (Å²) < 4.78 is 7.84. The molecule has 0 saturated heterocycles. The second kappa shape index (κ2) is 7.19. The molecule has 2 aromatic heterocycles. The van der Waals surface area contributed by atoms with Gasteiger partial charge in [0, 0.05) is 19.5 Å². The number of rotatable bonds is 6. The maximum atomic E-state index is 12.6. The van der Waals surface area contributed by atoms with Crippen molar-refractivity contribution in [1.29, 1.82) is 0 Å². The minimum Gasteiger partial charge on any atom is -0.465 e. The Morgan fingerprint density at radius 3 is 2.85 bits per heavy atom. The number of aryl methyl sites for hydroxylation is 1. The summed E-state index contributed by atoms with van der Waals surface area (Å²) in [5.74, 6) is 2.01. The Labute approximate surface area is 163 Å². The topological polar surface area (TPSA) is 82.0 Å². The molecule has 2 aromatic rings. The molecule has 6 nitrogen and oxygen atoms in total. The van der Waals surface area contributed by atoms with Crippen molar-refractivity contribution in [3.8, 4) is 0 Å². The quantitative estimate of drug-likeness (QED) is 0.609. The van der Waals surface area contributed by atoms with Crippen LogP contribution in [0.25, 0.3) is 0 Å². The lowest BCUT2D eigenvalue weighted by Crippen LogP contribution is -2.35. The highest BCUT2D eigenvalue weighted by Crippen LogP contribution is 2.54. The summed E-state index contributed by atoms with van der Waals surface area (Å²) in [6.07, 6.45) is 8.04. The van der Waals surface area contributed by atoms with Gasteiger partial charge < -0.3 is 10.5 Å². The van der Waals surface area contributed by atoms with Gasteiger partial charge >= 0.3 is 5.97 Å². The molecule has 0 spiro atoms. The van der Waals surface area contributed by atoms with Crippen LogP contribution in [0.1, 0.15) is 54.1 Å². The van der Waals surface area contributed by atoms with Crippen molar-refractivity contribution < 1.29 is 14.1 Å². The van der Waals surface area contributed by atoms with Crippen LogP contribution in [0.3, 0.4) is 0 Å². The predicted molar refractivity (Wildman–Crippen MR) is 103 cm³/mol. The summed E-state index contributed by atoms with van der Waals surface area (Å²) in [6, 6.07) is 0. The number of fused-ring (bicyclic) bond motifs is 2. The molecule has 2 aliphatic carbocycles. The molecule has 2 aliphatic rings. The van der Waals surface area contributed by atoms with Crippen molar-refractivity contribution in [1.82, 2.24) is 9.97 Å². The summed E-state index contributed by atoms with van der Waals surface area (Å²) >= 11 is 1.69. The highest BCUT2D eigenvalue weighted by molar-refractivity contribution is 7.09. The first-order chi connectivity index (χ1) is 13.0. The zero-order chi connectivity index (χ0) is 19.0. The molecule has 144 valence electrons. The molecule has 2 N–H and O–H groups in total. The van der Waals surface area contributed by atoms with E-state index >= 15 is 0 Å². The number of carbonyl (C=O) groups excluding carboxylic acids is 1. The number of thiazole rings is 1. The lowest BCUT2D eigenvalue weighted by molar-refractivity contribution is -0.689. The molecule has 0 unspecified atom stereocenters. The van der Waals surface area contributed by atoms with E-state index in [0.29, 0.717) is 24.8 Å². The number of aromatic nitrogens is 3. The largest absolute Gasteiger partial charge is 0.465 e. The number of ether oxygens (including phenoxy) is 1. The van der Waals surface area contributed by atoms with Gasteiger partial charge in [0.1, 0.15) is 11.6 Å². The van der Waals surface area contributed by atoms with Crippen LogP contribution in [0.2, 0.25) is 0 Å². The number of nitrogens with two attached hydrogens (primary N) is 1. The highest BCUT2D eigenvalue weighted by atomic mass is 32.1. The Hall–Kier alpha value is -2.02. The molecule has 2 bridgehead atoms. The van der Waals surface area contributed by atoms with Gasteiger partial charge in [-0.2, -0.15) is 4.57 Å². The average Bonchev–Trinajstić information content (AvgIpc) is 3.35. The minimum atomic E-state index is -0.155. The molecule has 7 heteroatoms. The molecule has 4 rings (SSSR count). The van der Waals surface area contributed by atoms with Gasteiger partial charge in [-0.1, -0.05) is 11.3 Å². The van der Waals surface area contributed by atoms with E-state index in [2.05, 4.69) is 27.0 Å². The zero-order valence-corrected chi connectivity index (χ0v) is 16.8. The fourth-order valence-corrected chi connectivity index (χ4v) is 5.51. The molecule has 0 aromatic carbocycles. The van der Waals surface area contributed by atoms with E-state index < -0.39 is 0 Å². The normalized spacial score (nSPS) is 23.7. The van der Waals surface area contributed by atoms with Crippen LogP contribution in [-0.4, -0.2) is 22.5 Å². The Balaban J connectivity index is 1.34. The second-order valence-corrected chi connectivity index (χ2v) is 8.94. The molecule has 2 fully saturated rings. The van der Waals surface area contributed by atoms with Crippen molar-refractivity contribution in [3.63, 3.8) is 0 Å². The molecule has 2 saturated carbocycles. The second-order valence-electron chi connectivity index (χ2n) is 8.00. The van der Waals surface area contributed by atoms with Crippen LogP contribution in [0.4, 0.5) is 5.82 Å². The molecular formula is C20H27N4O2S+. The van der Waals surface area contributed by atoms with Gasteiger partial charge in [-0.25, -0.2) is 9.97 Å². The Kier molecular flexibility index (Phi) is 4.88. The van der Waals surface area contributed by atoms with E-state index in [0.717, 1.165) is 37.2 Å². The van der Waals surface area contributed by atoms with Gasteiger partial charge in [-0.15, -0.1) is 0 Å². The lowest BCUT2D eigenvalue weighted by atomic mass is 9.84. The fourth-order valence-electron chi connectivity index (χ4n) is 4.53. The van der Waals surface area contributed by atoms with Crippen molar-refractivity contribution in [3.05, 3.63) is 33.7 Å². The van der Waals surface area contributed by atoms with Gasteiger partial charge in [0.05, 0.1) is 22.5 Å². The number of anilines is 1. The molecule has 27 heavy (non-hydrogen) atoms. The third kappa shape index (κ3) is 3.57.